The van der Waals surface area contributed by atoms with Crippen molar-refractivity contribution in [3.63, 3.8) is 0 Å². The van der Waals surface area contributed by atoms with E-state index in [9.17, 15) is 9.50 Å². The monoisotopic (exact) mass is 328 g/mol. The Morgan fingerprint density at radius 3 is 2.61 bits per heavy atom. The minimum atomic E-state index is -0.920. The Balaban J connectivity index is 2.24. The number of hydrogen-bond acceptors (Lipinski definition) is 2. The van der Waals surface area contributed by atoms with E-state index in [0.29, 0.717) is 10.9 Å². The van der Waals surface area contributed by atoms with E-state index < -0.39 is 5.60 Å². The molecule has 1 nitrogen and oxygen atoms in total. The molecule has 96 valence electrons. The summed E-state index contributed by atoms with van der Waals surface area (Å²) >= 11 is 4.75. The highest BCUT2D eigenvalue weighted by molar-refractivity contribution is 9.10. The largest absolute Gasteiger partial charge is 0.384 e. The SMILES string of the molecule is Cc1ccc(C(C)(O)Cc2ccc(F)c(Br)c2)s1. The van der Waals surface area contributed by atoms with Gasteiger partial charge in [-0.1, -0.05) is 6.07 Å². The maximum absolute atomic E-state index is 13.2. The topological polar surface area (TPSA) is 20.2 Å². The lowest BCUT2D eigenvalue weighted by molar-refractivity contribution is 0.0614. The second-order valence-electron chi connectivity index (χ2n) is 4.61. The van der Waals surface area contributed by atoms with Crippen molar-refractivity contribution in [1.82, 2.24) is 0 Å². The van der Waals surface area contributed by atoms with Gasteiger partial charge in [-0.2, -0.15) is 0 Å². The summed E-state index contributed by atoms with van der Waals surface area (Å²) in [6.07, 6.45) is 0.464. The molecule has 0 saturated carbocycles. The lowest BCUT2D eigenvalue weighted by Crippen LogP contribution is -2.22. The van der Waals surface area contributed by atoms with Gasteiger partial charge in [0.25, 0.3) is 0 Å². The lowest BCUT2D eigenvalue weighted by atomic mass is 9.95. The van der Waals surface area contributed by atoms with E-state index in [2.05, 4.69) is 15.9 Å². The molecule has 0 spiro atoms. The van der Waals surface area contributed by atoms with Crippen LogP contribution in [0.15, 0.2) is 34.8 Å². The number of hydrogen-bond donors (Lipinski definition) is 1. The van der Waals surface area contributed by atoms with Crippen LogP contribution in [-0.4, -0.2) is 5.11 Å². The molecule has 2 aromatic rings. The Hall–Kier alpha value is -0.710. The highest BCUT2D eigenvalue weighted by Crippen LogP contribution is 2.31. The molecule has 1 unspecified atom stereocenters. The number of aliphatic hydroxyl groups is 1. The van der Waals surface area contributed by atoms with Gasteiger partial charge in [0, 0.05) is 16.2 Å². The van der Waals surface area contributed by atoms with Gasteiger partial charge in [0.15, 0.2) is 0 Å². The summed E-state index contributed by atoms with van der Waals surface area (Å²) in [6.45, 7) is 3.80. The summed E-state index contributed by atoms with van der Waals surface area (Å²) in [5.74, 6) is -0.287. The standard InChI is InChI=1S/C14H14BrFOS/c1-9-3-6-13(18-9)14(2,17)8-10-4-5-12(16)11(15)7-10/h3-7,17H,8H2,1-2H3. The first kappa shape index (κ1) is 13.7. The number of rotatable bonds is 3. The summed E-state index contributed by atoms with van der Waals surface area (Å²) in [4.78, 5) is 2.10. The zero-order chi connectivity index (χ0) is 13.3. The van der Waals surface area contributed by atoms with E-state index in [4.69, 9.17) is 0 Å². The molecule has 0 amide bonds. The van der Waals surface area contributed by atoms with Crippen molar-refractivity contribution in [3.8, 4) is 0 Å². The van der Waals surface area contributed by atoms with Crippen LogP contribution in [0.3, 0.4) is 0 Å². The second-order valence-corrected chi connectivity index (χ2v) is 6.75. The van der Waals surface area contributed by atoms with Gasteiger partial charge in [0.2, 0.25) is 0 Å². The van der Waals surface area contributed by atoms with Crippen LogP contribution < -0.4 is 0 Å². The predicted octanol–water partition coefficient (Wildman–Crippen LogP) is 4.41. The van der Waals surface area contributed by atoms with Crippen molar-refractivity contribution in [2.24, 2.45) is 0 Å². The quantitative estimate of drug-likeness (QED) is 0.884. The van der Waals surface area contributed by atoms with Crippen molar-refractivity contribution >= 4 is 27.3 Å². The molecule has 0 fully saturated rings. The van der Waals surface area contributed by atoms with Gasteiger partial charge in [0.05, 0.1) is 10.1 Å². The average Bonchev–Trinajstić information content (AvgIpc) is 2.71. The van der Waals surface area contributed by atoms with Gasteiger partial charge < -0.3 is 5.11 Å². The molecule has 0 aliphatic carbocycles. The van der Waals surface area contributed by atoms with E-state index in [0.717, 1.165) is 10.4 Å². The molecule has 0 aliphatic heterocycles. The molecular formula is C14H14BrFOS. The smallest absolute Gasteiger partial charge is 0.137 e. The first-order valence-corrected chi connectivity index (χ1v) is 7.23. The first-order valence-electron chi connectivity index (χ1n) is 5.62. The molecule has 0 bridgehead atoms. The van der Waals surface area contributed by atoms with Crippen LogP contribution in [0.5, 0.6) is 0 Å². The van der Waals surface area contributed by atoms with Crippen LogP contribution in [0.1, 0.15) is 22.2 Å². The van der Waals surface area contributed by atoms with E-state index >= 15 is 0 Å². The maximum atomic E-state index is 13.2. The molecule has 4 heteroatoms. The van der Waals surface area contributed by atoms with E-state index in [1.165, 1.54) is 10.9 Å². The van der Waals surface area contributed by atoms with Crippen LogP contribution in [0.4, 0.5) is 4.39 Å². The zero-order valence-corrected chi connectivity index (χ0v) is 12.6. The molecule has 0 aliphatic rings. The molecule has 18 heavy (non-hydrogen) atoms. The minimum absolute atomic E-state index is 0.287. The molecule has 1 N–H and O–H groups in total. The summed E-state index contributed by atoms with van der Waals surface area (Å²) in [5.41, 5.74) is -0.0183. The lowest BCUT2D eigenvalue weighted by Gasteiger charge is -2.22. The van der Waals surface area contributed by atoms with Gasteiger partial charge in [0.1, 0.15) is 5.82 Å². The second kappa shape index (κ2) is 5.11. The summed E-state index contributed by atoms with van der Waals surface area (Å²) in [7, 11) is 0. The zero-order valence-electron chi connectivity index (χ0n) is 10.2. The Kier molecular flexibility index (Phi) is 3.90. The van der Waals surface area contributed by atoms with E-state index in [1.54, 1.807) is 30.4 Å². The molecule has 2 rings (SSSR count). The summed E-state index contributed by atoms with van der Waals surface area (Å²) in [6, 6.07) is 8.77. The fourth-order valence-corrected chi connectivity index (χ4v) is 3.20. The van der Waals surface area contributed by atoms with Gasteiger partial charge in [-0.05, 0) is 59.6 Å². The van der Waals surface area contributed by atoms with Crippen molar-refractivity contribution in [2.75, 3.05) is 0 Å². The van der Waals surface area contributed by atoms with Crippen molar-refractivity contribution < 1.29 is 9.50 Å². The van der Waals surface area contributed by atoms with Crippen molar-refractivity contribution in [3.05, 3.63) is 55.9 Å². The van der Waals surface area contributed by atoms with E-state index in [1.807, 2.05) is 19.1 Å². The normalized spacial score (nSPS) is 14.5. The van der Waals surface area contributed by atoms with Crippen LogP contribution in [0, 0.1) is 12.7 Å². The van der Waals surface area contributed by atoms with Crippen LogP contribution in [0.25, 0.3) is 0 Å². The molecule has 0 radical (unpaired) electrons. The van der Waals surface area contributed by atoms with Gasteiger partial charge >= 0.3 is 0 Å². The average molecular weight is 329 g/mol. The van der Waals surface area contributed by atoms with Gasteiger partial charge in [-0.15, -0.1) is 11.3 Å². The first-order chi connectivity index (χ1) is 8.38. The highest BCUT2D eigenvalue weighted by atomic mass is 79.9. The maximum Gasteiger partial charge on any atom is 0.137 e. The molecular weight excluding hydrogens is 315 g/mol. The third-order valence-electron chi connectivity index (χ3n) is 2.80. The Labute approximate surface area is 118 Å². The van der Waals surface area contributed by atoms with Crippen LogP contribution in [-0.2, 0) is 12.0 Å². The number of aryl methyl sites for hydroxylation is 1. The third kappa shape index (κ3) is 2.99. The molecule has 0 saturated heterocycles. The number of thiophene rings is 1. The number of halogens is 2. The van der Waals surface area contributed by atoms with Gasteiger partial charge in [-0.25, -0.2) is 4.39 Å². The fourth-order valence-electron chi connectivity index (χ4n) is 1.86. The minimum Gasteiger partial charge on any atom is -0.384 e. The van der Waals surface area contributed by atoms with Crippen LogP contribution in [0.2, 0.25) is 0 Å². The Morgan fingerprint density at radius 1 is 1.33 bits per heavy atom. The molecule has 1 atom stereocenters. The Morgan fingerprint density at radius 2 is 2.06 bits per heavy atom. The highest BCUT2D eigenvalue weighted by Gasteiger charge is 2.25. The third-order valence-corrected chi connectivity index (χ3v) is 4.67. The van der Waals surface area contributed by atoms with E-state index in [-0.39, 0.29) is 5.82 Å². The molecule has 1 heterocycles. The van der Waals surface area contributed by atoms with Crippen LogP contribution >= 0.6 is 27.3 Å². The summed E-state index contributed by atoms with van der Waals surface area (Å²) in [5, 5.41) is 10.5. The van der Waals surface area contributed by atoms with Crippen molar-refractivity contribution in [2.45, 2.75) is 25.9 Å². The fraction of sp³-hybridized carbons (Fsp3) is 0.286. The number of benzene rings is 1. The predicted molar refractivity (Wildman–Crippen MR) is 76.4 cm³/mol. The van der Waals surface area contributed by atoms with Crippen molar-refractivity contribution in [1.29, 1.82) is 0 Å². The van der Waals surface area contributed by atoms with Gasteiger partial charge in [-0.3, -0.25) is 0 Å². The molecule has 1 aromatic carbocycles. The molecule has 1 aromatic heterocycles. The Bertz CT molecular complexity index is 563. The summed E-state index contributed by atoms with van der Waals surface area (Å²) < 4.78 is 13.6.